The van der Waals surface area contributed by atoms with E-state index in [1.54, 1.807) is 21.1 Å². The maximum Gasteiger partial charge on any atom is 0.323 e. The molecular weight excluding hydrogens is 210 g/mol. The first-order valence-corrected chi connectivity index (χ1v) is 5.41. The summed E-state index contributed by atoms with van der Waals surface area (Å²) in [5.74, 6) is -0.815. The summed E-state index contributed by atoms with van der Waals surface area (Å²) in [6.07, 6.45) is 1.30. The number of hydrogen-bond donors (Lipinski definition) is 1. The number of carboxylic acid groups (broad SMARTS) is 1. The van der Waals surface area contributed by atoms with Crippen LogP contribution in [0.3, 0.4) is 0 Å². The molecule has 0 amide bonds. The molecule has 0 radical (unpaired) electrons. The van der Waals surface area contributed by atoms with E-state index in [0.717, 1.165) is 6.42 Å². The molecule has 0 saturated heterocycles. The van der Waals surface area contributed by atoms with Crippen molar-refractivity contribution in [3.8, 4) is 0 Å². The Balaban J connectivity index is 4.32. The van der Waals surface area contributed by atoms with Crippen LogP contribution in [0.1, 0.15) is 19.8 Å². The van der Waals surface area contributed by atoms with Crippen LogP contribution in [0, 0.1) is 0 Å². The van der Waals surface area contributed by atoms with E-state index in [1.807, 2.05) is 11.9 Å². The number of methoxy groups -OCH3 is 2. The van der Waals surface area contributed by atoms with Crippen molar-refractivity contribution in [1.82, 2.24) is 4.90 Å². The van der Waals surface area contributed by atoms with E-state index in [1.165, 1.54) is 0 Å². The minimum Gasteiger partial charge on any atom is -0.480 e. The molecule has 0 spiro atoms. The van der Waals surface area contributed by atoms with Crippen molar-refractivity contribution in [2.45, 2.75) is 25.3 Å². The average molecular weight is 233 g/mol. The van der Waals surface area contributed by atoms with Gasteiger partial charge in [0.25, 0.3) is 0 Å². The topological polar surface area (TPSA) is 59.0 Å². The molecule has 1 N–H and O–H groups in total. The molecule has 0 aromatic carbocycles. The Kier molecular flexibility index (Phi) is 7.29. The summed E-state index contributed by atoms with van der Waals surface area (Å²) in [7, 11) is 5.04. The van der Waals surface area contributed by atoms with Crippen LogP contribution in [0.25, 0.3) is 0 Å². The van der Waals surface area contributed by atoms with Gasteiger partial charge in [-0.1, -0.05) is 0 Å². The second-order valence-corrected chi connectivity index (χ2v) is 4.09. The maximum absolute atomic E-state index is 11.3. The van der Waals surface area contributed by atoms with Gasteiger partial charge in [-0.3, -0.25) is 9.69 Å². The van der Waals surface area contributed by atoms with E-state index >= 15 is 0 Å². The molecule has 0 aromatic heterocycles. The maximum atomic E-state index is 11.3. The lowest BCUT2D eigenvalue weighted by Crippen LogP contribution is -2.51. The zero-order valence-corrected chi connectivity index (χ0v) is 10.7. The highest BCUT2D eigenvalue weighted by Gasteiger charge is 2.36. The molecule has 1 atom stereocenters. The van der Waals surface area contributed by atoms with Crippen LogP contribution in [0.5, 0.6) is 0 Å². The normalized spacial score (nSPS) is 15.1. The molecule has 0 aromatic rings. The summed E-state index contributed by atoms with van der Waals surface area (Å²) in [6, 6.07) is 0. The zero-order valence-electron chi connectivity index (χ0n) is 10.7. The van der Waals surface area contributed by atoms with Gasteiger partial charge in [0.2, 0.25) is 0 Å². The van der Waals surface area contributed by atoms with Crippen LogP contribution in [0.2, 0.25) is 0 Å². The SMILES string of the molecule is COCCCN(C)C(C)(CCOC)C(=O)O. The minimum absolute atomic E-state index is 0.442. The van der Waals surface area contributed by atoms with Gasteiger partial charge in [-0.05, 0) is 26.8 Å². The van der Waals surface area contributed by atoms with Crippen LogP contribution in [0.15, 0.2) is 0 Å². The van der Waals surface area contributed by atoms with E-state index in [9.17, 15) is 9.90 Å². The Morgan fingerprint density at radius 3 is 2.31 bits per heavy atom. The third-order valence-corrected chi connectivity index (χ3v) is 2.94. The molecule has 0 fully saturated rings. The van der Waals surface area contributed by atoms with Gasteiger partial charge in [0, 0.05) is 34.0 Å². The van der Waals surface area contributed by atoms with Gasteiger partial charge in [0.15, 0.2) is 0 Å². The second kappa shape index (κ2) is 7.60. The van der Waals surface area contributed by atoms with Gasteiger partial charge in [0.05, 0.1) is 0 Å². The Morgan fingerprint density at radius 2 is 1.88 bits per heavy atom. The first-order valence-electron chi connectivity index (χ1n) is 5.41. The lowest BCUT2D eigenvalue weighted by molar-refractivity contribution is -0.151. The first kappa shape index (κ1) is 15.3. The minimum atomic E-state index is -0.871. The highest BCUT2D eigenvalue weighted by atomic mass is 16.5. The predicted octanol–water partition coefficient (Wildman–Crippen LogP) is 0.835. The third kappa shape index (κ3) is 4.47. The molecule has 5 nitrogen and oxygen atoms in total. The van der Waals surface area contributed by atoms with Crippen molar-refractivity contribution in [3.63, 3.8) is 0 Å². The molecule has 0 heterocycles. The molecule has 0 aliphatic carbocycles. The first-order chi connectivity index (χ1) is 7.49. The number of likely N-dealkylation sites (N-methyl/N-ethyl adjacent to an activating group) is 1. The van der Waals surface area contributed by atoms with Crippen molar-refractivity contribution >= 4 is 5.97 Å². The van der Waals surface area contributed by atoms with E-state index in [0.29, 0.717) is 26.2 Å². The Morgan fingerprint density at radius 1 is 1.31 bits per heavy atom. The molecule has 16 heavy (non-hydrogen) atoms. The lowest BCUT2D eigenvalue weighted by Gasteiger charge is -2.34. The van der Waals surface area contributed by atoms with E-state index < -0.39 is 11.5 Å². The van der Waals surface area contributed by atoms with Crippen molar-refractivity contribution in [2.75, 3.05) is 41.0 Å². The molecule has 0 saturated carbocycles. The van der Waals surface area contributed by atoms with Crippen molar-refractivity contribution in [1.29, 1.82) is 0 Å². The highest BCUT2D eigenvalue weighted by molar-refractivity contribution is 5.78. The monoisotopic (exact) mass is 233 g/mol. The van der Waals surface area contributed by atoms with Gasteiger partial charge in [-0.25, -0.2) is 0 Å². The molecule has 0 aliphatic rings. The van der Waals surface area contributed by atoms with Crippen molar-refractivity contribution in [2.24, 2.45) is 0 Å². The van der Waals surface area contributed by atoms with Gasteiger partial charge in [0.1, 0.15) is 5.54 Å². The zero-order chi connectivity index (χ0) is 12.6. The summed E-state index contributed by atoms with van der Waals surface area (Å²) < 4.78 is 9.90. The van der Waals surface area contributed by atoms with E-state index in [-0.39, 0.29) is 0 Å². The van der Waals surface area contributed by atoms with Gasteiger partial charge >= 0.3 is 5.97 Å². The summed E-state index contributed by atoms with van der Waals surface area (Å²) >= 11 is 0. The Bertz CT molecular complexity index is 210. The average Bonchev–Trinajstić information content (AvgIpc) is 2.25. The molecule has 0 bridgehead atoms. The van der Waals surface area contributed by atoms with Gasteiger partial charge in [-0.15, -0.1) is 0 Å². The predicted molar refractivity (Wildman–Crippen MR) is 61.7 cm³/mol. The summed E-state index contributed by atoms with van der Waals surface area (Å²) in [5.41, 5.74) is -0.871. The van der Waals surface area contributed by atoms with Crippen LogP contribution in [0.4, 0.5) is 0 Å². The Labute approximate surface area is 97.3 Å². The number of rotatable bonds is 9. The van der Waals surface area contributed by atoms with E-state index in [2.05, 4.69) is 0 Å². The fourth-order valence-electron chi connectivity index (χ4n) is 1.45. The Hall–Kier alpha value is -0.650. The fourth-order valence-corrected chi connectivity index (χ4v) is 1.45. The van der Waals surface area contributed by atoms with Crippen molar-refractivity contribution < 1.29 is 19.4 Å². The molecule has 5 heteroatoms. The van der Waals surface area contributed by atoms with E-state index in [4.69, 9.17) is 9.47 Å². The van der Waals surface area contributed by atoms with Crippen LogP contribution in [-0.2, 0) is 14.3 Å². The second-order valence-electron chi connectivity index (χ2n) is 4.09. The third-order valence-electron chi connectivity index (χ3n) is 2.94. The quantitative estimate of drug-likeness (QED) is 0.598. The number of aliphatic carboxylic acids is 1. The number of hydrogen-bond acceptors (Lipinski definition) is 4. The van der Waals surface area contributed by atoms with Gasteiger partial charge in [-0.2, -0.15) is 0 Å². The summed E-state index contributed by atoms with van der Waals surface area (Å²) in [6.45, 7) is 3.50. The van der Waals surface area contributed by atoms with Crippen LogP contribution >= 0.6 is 0 Å². The van der Waals surface area contributed by atoms with Crippen LogP contribution in [-0.4, -0.2) is 62.5 Å². The smallest absolute Gasteiger partial charge is 0.323 e. The number of carboxylic acids is 1. The summed E-state index contributed by atoms with van der Waals surface area (Å²) in [5, 5.41) is 9.26. The lowest BCUT2D eigenvalue weighted by atomic mass is 9.96. The summed E-state index contributed by atoms with van der Waals surface area (Å²) in [4.78, 5) is 13.1. The largest absolute Gasteiger partial charge is 0.480 e. The highest BCUT2D eigenvalue weighted by Crippen LogP contribution is 2.18. The van der Waals surface area contributed by atoms with Crippen molar-refractivity contribution in [3.05, 3.63) is 0 Å². The molecule has 1 unspecified atom stereocenters. The number of nitrogens with zero attached hydrogens (tertiary/aromatic N) is 1. The molecule has 96 valence electrons. The molecule has 0 aliphatic heterocycles. The standard InChI is InChI=1S/C11H23NO4/c1-11(10(13)14,6-9-16-4)12(2)7-5-8-15-3/h5-9H2,1-4H3,(H,13,14). The molecular formula is C11H23NO4. The van der Waals surface area contributed by atoms with Gasteiger partial charge < -0.3 is 14.6 Å². The van der Waals surface area contributed by atoms with Crippen LogP contribution < -0.4 is 0 Å². The number of carbonyl (C=O) groups is 1. The molecule has 0 rings (SSSR count). The fraction of sp³-hybridized carbons (Fsp3) is 0.909. The number of ether oxygens (including phenoxy) is 2.